The van der Waals surface area contributed by atoms with Crippen molar-refractivity contribution in [1.29, 1.82) is 0 Å². The smallest absolute Gasteiger partial charge is 0.0933 e. The molecule has 0 aromatic rings. The summed E-state index contributed by atoms with van der Waals surface area (Å²) in [6.07, 6.45) is 2.39. The summed E-state index contributed by atoms with van der Waals surface area (Å²) in [6, 6.07) is 0. The fourth-order valence-corrected chi connectivity index (χ4v) is 0.720. The van der Waals surface area contributed by atoms with Crippen LogP contribution in [0, 0.1) is 0 Å². The molecule has 1 rings (SSSR count). The number of aliphatic imine (C=N–C) groups is 1. The number of nitrogens with one attached hydrogen (secondary N) is 1. The number of amidine groups is 1. The van der Waals surface area contributed by atoms with E-state index < -0.39 is 0 Å². The lowest BCUT2D eigenvalue weighted by Gasteiger charge is -1.85. The lowest BCUT2D eigenvalue weighted by molar-refractivity contribution is 0.807. The van der Waals surface area contributed by atoms with Crippen molar-refractivity contribution in [1.82, 2.24) is 5.32 Å². The maximum Gasteiger partial charge on any atom is 0.0933 e. The molecule has 0 saturated carbocycles. The van der Waals surface area contributed by atoms with Crippen molar-refractivity contribution in [3.8, 4) is 0 Å². The van der Waals surface area contributed by atoms with E-state index in [9.17, 15) is 0 Å². The van der Waals surface area contributed by atoms with E-state index in [1.54, 1.807) is 0 Å². The van der Waals surface area contributed by atoms with E-state index >= 15 is 0 Å². The maximum atomic E-state index is 5.14. The third-order valence-electron chi connectivity index (χ3n) is 1.40. The molecule has 0 saturated heterocycles. The highest BCUT2D eigenvalue weighted by molar-refractivity contribution is 5.80. The van der Waals surface area contributed by atoms with Gasteiger partial charge in [0.25, 0.3) is 0 Å². The van der Waals surface area contributed by atoms with Crippen LogP contribution in [0.25, 0.3) is 0 Å². The Hall–Kier alpha value is -0.570. The van der Waals surface area contributed by atoms with Crippen LogP contribution in [0.3, 0.4) is 0 Å². The zero-order chi connectivity index (χ0) is 8.53. The minimum atomic E-state index is 0.844. The van der Waals surface area contributed by atoms with Crippen LogP contribution < -0.4 is 11.1 Å². The van der Waals surface area contributed by atoms with Crippen LogP contribution in [-0.2, 0) is 0 Å². The van der Waals surface area contributed by atoms with E-state index in [2.05, 4.69) is 17.2 Å². The molecule has 0 unspecified atom stereocenters. The molecule has 1 aliphatic rings. The van der Waals surface area contributed by atoms with Gasteiger partial charge in [-0.15, -0.1) is 0 Å². The van der Waals surface area contributed by atoms with Crippen molar-refractivity contribution in [3.63, 3.8) is 0 Å². The van der Waals surface area contributed by atoms with Crippen LogP contribution in [0.15, 0.2) is 4.99 Å². The predicted molar refractivity (Wildman–Crippen MR) is 49.9 cm³/mol. The largest absolute Gasteiger partial charge is 0.372 e. The Morgan fingerprint density at radius 2 is 2.36 bits per heavy atom. The van der Waals surface area contributed by atoms with Crippen molar-refractivity contribution in [2.75, 3.05) is 19.6 Å². The average Bonchev–Trinajstić information content (AvgIpc) is 2.43. The molecule has 11 heavy (non-hydrogen) atoms. The molecular weight excluding hydrogens is 138 g/mol. The van der Waals surface area contributed by atoms with E-state index in [0.717, 1.165) is 25.5 Å². The minimum Gasteiger partial charge on any atom is -0.372 e. The van der Waals surface area contributed by atoms with E-state index in [0.29, 0.717) is 0 Å². The summed E-state index contributed by atoms with van der Waals surface area (Å²) < 4.78 is 0. The van der Waals surface area contributed by atoms with Crippen LogP contribution in [-0.4, -0.2) is 25.5 Å². The summed E-state index contributed by atoms with van der Waals surface area (Å²) in [7, 11) is 0. The molecule has 66 valence electrons. The molecule has 0 fully saturated rings. The first kappa shape index (κ1) is 10.4. The fourth-order valence-electron chi connectivity index (χ4n) is 0.720. The molecule has 0 radical (unpaired) electrons. The van der Waals surface area contributed by atoms with E-state index in [-0.39, 0.29) is 0 Å². The summed E-state index contributed by atoms with van der Waals surface area (Å²) in [5, 5.41) is 3.07. The topological polar surface area (TPSA) is 50.4 Å². The number of nitrogens with two attached hydrogens (primary N) is 1. The van der Waals surface area contributed by atoms with Crippen molar-refractivity contribution in [2.24, 2.45) is 10.7 Å². The van der Waals surface area contributed by atoms with Crippen molar-refractivity contribution < 1.29 is 0 Å². The van der Waals surface area contributed by atoms with Gasteiger partial charge in [-0.1, -0.05) is 13.3 Å². The van der Waals surface area contributed by atoms with Gasteiger partial charge in [0.15, 0.2) is 0 Å². The maximum absolute atomic E-state index is 5.14. The quantitative estimate of drug-likeness (QED) is 0.621. The summed E-state index contributed by atoms with van der Waals surface area (Å²) in [5.74, 6) is 1.08. The Kier molecular flexibility index (Phi) is 7.15. The van der Waals surface area contributed by atoms with E-state index in [1.165, 1.54) is 12.8 Å². The van der Waals surface area contributed by atoms with Gasteiger partial charge in [0.1, 0.15) is 0 Å². The molecule has 0 spiro atoms. The van der Waals surface area contributed by atoms with Gasteiger partial charge in [0.2, 0.25) is 0 Å². The number of rotatable bonds is 2. The monoisotopic (exact) mass is 157 g/mol. The molecule has 3 heteroatoms. The lowest BCUT2D eigenvalue weighted by atomic mass is 10.3. The highest BCUT2D eigenvalue weighted by Gasteiger charge is 1.93. The highest BCUT2D eigenvalue weighted by atomic mass is 15.0. The number of unbranched alkanes of at least 4 members (excludes halogenated alkanes) is 1. The summed E-state index contributed by atoms with van der Waals surface area (Å²) in [4.78, 5) is 4.04. The van der Waals surface area contributed by atoms with Gasteiger partial charge >= 0.3 is 0 Å². The molecule has 0 aromatic heterocycles. The van der Waals surface area contributed by atoms with Gasteiger partial charge < -0.3 is 11.1 Å². The first-order chi connectivity index (χ1) is 5.31. The first-order valence-electron chi connectivity index (χ1n) is 4.26. The second kappa shape index (κ2) is 7.54. The van der Waals surface area contributed by atoms with Gasteiger partial charge in [-0.3, -0.25) is 4.99 Å². The molecule has 0 amide bonds. The Balaban J connectivity index is 0.000000187. The van der Waals surface area contributed by atoms with Crippen molar-refractivity contribution >= 4 is 5.84 Å². The molecule has 0 aliphatic carbocycles. The highest BCUT2D eigenvalue weighted by Crippen LogP contribution is 1.79. The average molecular weight is 157 g/mol. The summed E-state index contributed by atoms with van der Waals surface area (Å²) in [6.45, 7) is 6.95. The third-order valence-corrected chi connectivity index (χ3v) is 1.40. The number of hydrogen-bond acceptors (Lipinski definition) is 3. The lowest BCUT2D eigenvalue weighted by Crippen LogP contribution is -2.13. The molecule has 3 N–H and O–H groups in total. The molecule has 3 nitrogen and oxygen atoms in total. The van der Waals surface area contributed by atoms with Gasteiger partial charge in [-0.05, 0) is 19.9 Å². The molecule has 0 aromatic carbocycles. The van der Waals surface area contributed by atoms with Crippen LogP contribution >= 0.6 is 0 Å². The van der Waals surface area contributed by atoms with E-state index in [1.807, 2.05) is 6.92 Å². The normalized spacial score (nSPS) is 14.6. The van der Waals surface area contributed by atoms with Gasteiger partial charge in [0, 0.05) is 6.54 Å². The Bertz CT molecular complexity index is 108. The van der Waals surface area contributed by atoms with Crippen molar-refractivity contribution in [2.45, 2.75) is 26.7 Å². The van der Waals surface area contributed by atoms with Gasteiger partial charge in [-0.25, -0.2) is 0 Å². The Morgan fingerprint density at radius 3 is 2.45 bits per heavy atom. The zero-order valence-corrected chi connectivity index (χ0v) is 7.56. The summed E-state index contributed by atoms with van der Waals surface area (Å²) >= 11 is 0. The Morgan fingerprint density at radius 1 is 1.64 bits per heavy atom. The molecule has 1 heterocycles. The molecule has 1 aliphatic heterocycles. The van der Waals surface area contributed by atoms with Crippen LogP contribution in [0.4, 0.5) is 0 Å². The molecular formula is C8H19N3. The second-order valence-electron chi connectivity index (χ2n) is 2.54. The molecule has 0 atom stereocenters. The fraction of sp³-hybridized carbons (Fsp3) is 0.875. The molecule has 0 bridgehead atoms. The second-order valence-corrected chi connectivity index (χ2v) is 2.54. The first-order valence-corrected chi connectivity index (χ1v) is 4.26. The standard InChI is InChI=1S/C4H8N2.C4H11N/c1-4-5-2-3-6-4;1-2-3-4-5/h2-3H2,1H3,(H,5,6);2-5H2,1H3. The van der Waals surface area contributed by atoms with Gasteiger partial charge in [0.05, 0.1) is 12.4 Å². The number of nitrogens with zero attached hydrogens (tertiary/aromatic N) is 1. The van der Waals surface area contributed by atoms with Crippen LogP contribution in [0.1, 0.15) is 26.7 Å². The summed E-state index contributed by atoms with van der Waals surface area (Å²) in [5.41, 5.74) is 5.14. The van der Waals surface area contributed by atoms with Crippen molar-refractivity contribution in [3.05, 3.63) is 0 Å². The Labute approximate surface area is 69.1 Å². The minimum absolute atomic E-state index is 0.844. The third kappa shape index (κ3) is 7.33. The van der Waals surface area contributed by atoms with E-state index in [4.69, 9.17) is 5.73 Å². The number of hydrogen-bond donors (Lipinski definition) is 2. The zero-order valence-electron chi connectivity index (χ0n) is 7.56. The SMILES string of the molecule is CC1=NCCN1.CCCCN. The predicted octanol–water partition coefficient (Wildman–Crippen LogP) is 0.753. The van der Waals surface area contributed by atoms with Gasteiger partial charge in [-0.2, -0.15) is 0 Å². The van der Waals surface area contributed by atoms with Crippen LogP contribution in [0.5, 0.6) is 0 Å². The van der Waals surface area contributed by atoms with Crippen LogP contribution in [0.2, 0.25) is 0 Å².